The number of aliphatic carboxylic acids is 2. The fourth-order valence-corrected chi connectivity index (χ4v) is 0.661. The van der Waals surface area contributed by atoms with Gasteiger partial charge in [-0.25, -0.2) is 4.79 Å². The molecule has 0 fully saturated rings. The normalized spacial score (nSPS) is 11.5. The molecule has 9 heteroatoms. The SMILES string of the molecule is CC(C)(N)COCCCC(=O)O.O=C(O)C(F)(F)F. The third kappa shape index (κ3) is 19.2. The maximum absolute atomic E-state index is 10.6. The number of halogens is 3. The summed E-state index contributed by atoms with van der Waals surface area (Å²) < 4.78 is 36.9. The summed E-state index contributed by atoms with van der Waals surface area (Å²) >= 11 is 0. The largest absolute Gasteiger partial charge is 0.490 e. The van der Waals surface area contributed by atoms with Gasteiger partial charge in [-0.2, -0.15) is 13.2 Å². The van der Waals surface area contributed by atoms with Crippen molar-refractivity contribution in [3.05, 3.63) is 0 Å². The topological polar surface area (TPSA) is 110 Å². The molecule has 114 valence electrons. The van der Waals surface area contributed by atoms with E-state index in [-0.39, 0.29) is 12.0 Å². The first kappa shape index (κ1) is 20.0. The zero-order chi connectivity index (χ0) is 15.7. The van der Waals surface area contributed by atoms with Crippen LogP contribution in [0.3, 0.4) is 0 Å². The zero-order valence-corrected chi connectivity index (χ0v) is 10.7. The summed E-state index contributed by atoms with van der Waals surface area (Å²) in [6.45, 7) is 4.66. The molecule has 19 heavy (non-hydrogen) atoms. The van der Waals surface area contributed by atoms with Crippen molar-refractivity contribution in [1.29, 1.82) is 0 Å². The average molecular weight is 289 g/mol. The van der Waals surface area contributed by atoms with Gasteiger partial charge in [0.05, 0.1) is 6.61 Å². The second-order valence-corrected chi connectivity index (χ2v) is 4.34. The number of nitrogens with two attached hydrogens (primary N) is 1. The van der Waals surface area contributed by atoms with E-state index in [1.807, 2.05) is 13.8 Å². The molecule has 0 heterocycles. The number of alkyl halides is 3. The monoisotopic (exact) mass is 289 g/mol. The Morgan fingerprint density at radius 1 is 1.21 bits per heavy atom. The van der Waals surface area contributed by atoms with Gasteiger partial charge < -0.3 is 20.7 Å². The van der Waals surface area contributed by atoms with Crippen LogP contribution in [0.1, 0.15) is 26.7 Å². The predicted octanol–water partition coefficient (Wildman–Crippen LogP) is 1.24. The Balaban J connectivity index is 0. The first-order valence-electron chi connectivity index (χ1n) is 5.25. The van der Waals surface area contributed by atoms with E-state index in [0.717, 1.165) is 0 Å². The number of carboxylic acid groups (broad SMARTS) is 2. The molecule has 0 aromatic heterocycles. The van der Waals surface area contributed by atoms with Crippen molar-refractivity contribution in [2.24, 2.45) is 5.73 Å². The smallest absolute Gasteiger partial charge is 0.481 e. The standard InChI is InChI=1S/C8H17NO3.C2HF3O2/c1-8(2,9)6-12-5-3-4-7(10)11;3-2(4,5)1(6)7/h3-6,9H2,1-2H3,(H,10,11);(H,6,7). The molecule has 0 atom stereocenters. The Morgan fingerprint density at radius 3 is 1.89 bits per heavy atom. The first-order valence-corrected chi connectivity index (χ1v) is 5.25. The van der Waals surface area contributed by atoms with Crippen LogP contribution in [0.2, 0.25) is 0 Å². The second-order valence-electron chi connectivity index (χ2n) is 4.34. The van der Waals surface area contributed by atoms with Crippen molar-refractivity contribution in [1.82, 2.24) is 0 Å². The van der Waals surface area contributed by atoms with Crippen LogP contribution in [0.5, 0.6) is 0 Å². The number of rotatable bonds is 6. The van der Waals surface area contributed by atoms with Gasteiger partial charge in [0.15, 0.2) is 0 Å². The highest BCUT2D eigenvalue weighted by Gasteiger charge is 2.38. The molecule has 0 aromatic carbocycles. The Hall–Kier alpha value is -1.35. The molecule has 0 saturated heterocycles. The van der Waals surface area contributed by atoms with E-state index in [1.54, 1.807) is 0 Å². The Labute approximate surface area is 108 Å². The highest BCUT2D eigenvalue weighted by atomic mass is 19.4. The fourth-order valence-electron chi connectivity index (χ4n) is 0.661. The molecule has 0 aliphatic heterocycles. The lowest BCUT2D eigenvalue weighted by molar-refractivity contribution is -0.192. The Morgan fingerprint density at radius 2 is 1.63 bits per heavy atom. The molecule has 0 amide bonds. The molecule has 4 N–H and O–H groups in total. The van der Waals surface area contributed by atoms with Crippen molar-refractivity contribution in [3.8, 4) is 0 Å². The fraction of sp³-hybridized carbons (Fsp3) is 0.800. The summed E-state index contributed by atoms with van der Waals surface area (Å²) in [5.74, 6) is -3.54. The summed E-state index contributed by atoms with van der Waals surface area (Å²) in [6, 6.07) is 0. The molecular weight excluding hydrogens is 271 g/mol. The van der Waals surface area contributed by atoms with E-state index in [2.05, 4.69) is 0 Å². The number of carbonyl (C=O) groups is 2. The summed E-state index contributed by atoms with van der Waals surface area (Å²) in [6.07, 6.45) is -4.38. The molecule has 0 unspecified atom stereocenters. The molecule has 0 aliphatic carbocycles. The van der Waals surface area contributed by atoms with E-state index < -0.39 is 18.1 Å². The number of ether oxygens (including phenoxy) is 1. The summed E-state index contributed by atoms with van der Waals surface area (Å²) in [5.41, 5.74) is 5.31. The van der Waals surface area contributed by atoms with Gasteiger partial charge in [0.25, 0.3) is 0 Å². The number of hydrogen-bond donors (Lipinski definition) is 3. The molecule has 0 aliphatic rings. The highest BCUT2D eigenvalue weighted by molar-refractivity contribution is 5.73. The maximum atomic E-state index is 10.6. The lowest BCUT2D eigenvalue weighted by Gasteiger charge is -2.17. The van der Waals surface area contributed by atoms with Crippen LogP contribution in [0.25, 0.3) is 0 Å². The molecule has 0 rings (SSSR count). The van der Waals surface area contributed by atoms with Crippen LogP contribution in [-0.4, -0.2) is 47.1 Å². The molecule has 6 nitrogen and oxygen atoms in total. The van der Waals surface area contributed by atoms with Crippen LogP contribution in [0, 0.1) is 0 Å². The van der Waals surface area contributed by atoms with Gasteiger partial charge in [-0.1, -0.05) is 0 Å². The van der Waals surface area contributed by atoms with Crippen LogP contribution >= 0.6 is 0 Å². The second kappa shape index (κ2) is 8.70. The van der Waals surface area contributed by atoms with E-state index in [0.29, 0.717) is 19.6 Å². The van der Waals surface area contributed by atoms with E-state index in [9.17, 15) is 18.0 Å². The highest BCUT2D eigenvalue weighted by Crippen LogP contribution is 2.13. The van der Waals surface area contributed by atoms with Crippen molar-refractivity contribution in [3.63, 3.8) is 0 Å². The quantitative estimate of drug-likeness (QED) is 0.634. The van der Waals surface area contributed by atoms with Crippen molar-refractivity contribution >= 4 is 11.9 Å². The molecule has 0 bridgehead atoms. The van der Waals surface area contributed by atoms with Crippen LogP contribution in [0.15, 0.2) is 0 Å². The van der Waals surface area contributed by atoms with Gasteiger partial charge >= 0.3 is 18.1 Å². The molecule has 0 spiro atoms. The minimum atomic E-state index is -5.08. The minimum absolute atomic E-state index is 0.158. The van der Waals surface area contributed by atoms with Crippen LogP contribution in [0.4, 0.5) is 13.2 Å². The van der Waals surface area contributed by atoms with Gasteiger partial charge in [0, 0.05) is 18.6 Å². The predicted molar refractivity (Wildman–Crippen MR) is 59.6 cm³/mol. The average Bonchev–Trinajstić information content (AvgIpc) is 2.14. The third-order valence-electron chi connectivity index (χ3n) is 1.40. The summed E-state index contributed by atoms with van der Waals surface area (Å²) in [5, 5.41) is 15.4. The van der Waals surface area contributed by atoms with Gasteiger partial charge in [-0.15, -0.1) is 0 Å². The van der Waals surface area contributed by atoms with Crippen molar-refractivity contribution < 1.29 is 37.7 Å². The van der Waals surface area contributed by atoms with E-state index in [1.165, 1.54) is 0 Å². The van der Waals surface area contributed by atoms with Crippen LogP contribution < -0.4 is 5.73 Å². The van der Waals surface area contributed by atoms with Gasteiger partial charge in [0.1, 0.15) is 0 Å². The Bertz CT molecular complexity index is 286. The summed E-state index contributed by atoms with van der Waals surface area (Å²) in [4.78, 5) is 19.0. The van der Waals surface area contributed by atoms with Crippen molar-refractivity contribution in [2.45, 2.75) is 38.4 Å². The van der Waals surface area contributed by atoms with Gasteiger partial charge in [-0.3, -0.25) is 4.79 Å². The minimum Gasteiger partial charge on any atom is -0.481 e. The lowest BCUT2D eigenvalue weighted by Crippen LogP contribution is -2.37. The van der Waals surface area contributed by atoms with Crippen molar-refractivity contribution in [2.75, 3.05) is 13.2 Å². The lowest BCUT2D eigenvalue weighted by atomic mass is 10.1. The summed E-state index contributed by atoms with van der Waals surface area (Å²) in [7, 11) is 0. The molecule has 0 radical (unpaired) electrons. The number of carboxylic acids is 2. The molecule has 0 aromatic rings. The Kier molecular flexibility index (Phi) is 9.15. The van der Waals surface area contributed by atoms with Gasteiger partial charge in [0.2, 0.25) is 0 Å². The van der Waals surface area contributed by atoms with Crippen LogP contribution in [-0.2, 0) is 14.3 Å². The zero-order valence-electron chi connectivity index (χ0n) is 10.7. The third-order valence-corrected chi connectivity index (χ3v) is 1.40. The number of hydrogen-bond acceptors (Lipinski definition) is 4. The molecular formula is C10H18F3NO5. The maximum Gasteiger partial charge on any atom is 0.490 e. The molecule has 0 saturated carbocycles. The van der Waals surface area contributed by atoms with E-state index >= 15 is 0 Å². The van der Waals surface area contributed by atoms with E-state index in [4.69, 9.17) is 25.5 Å². The van der Waals surface area contributed by atoms with Gasteiger partial charge in [-0.05, 0) is 20.3 Å². The first-order chi connectivity index (χ1) is 8.36.